The highest BCUT2D eigenvalue weighted by Crippen LogP contribution is 2.30. The Bertz CT molecular complexity index is 1270. The van der Waals surface area contributed by atoms with Crippen molar-refractivity contribution in [2.45, 2.75) is 0 Å². The molecule has 4 aromatic rings. The normalized spacial score (nSPS) is 11.4. The van der Waals surface area contributed by atoms with Crippen LogP contribution in [0, 0.1) is 11.3 Å². The molecule has 0 amide bonds. The molecule has 0 spiro atoms. The van der Waals surface area contributed by atoms with E-state index < -0.39 is 0 Å². The van der Waals surface area contributed by atoms with Crippen LogP contribution in [-0.2, 0) is 0 Å². The minimum Gasteiger partial charge on any atom is -0.497 e. The summed E-state index contributed by atoms with van der Waals surface area (Å²) in [7, 11) is 1.61. The molecule has 2 aromatic carbocycles. The molecule has 4 nitrogen and oxygen atoms in total. The highest BCUT2D eigenvalue weighted by Gasteiger charge is 2.11. The predicted molar refractivity (Wildman–Crippen MR) is 119 cm³/mol. The SMILES string of the molecule is COc1ccc2nc(Cl)c(C=C(C#N)c3nc(-c4ccc(Cl)cc4)cs3)cc2c1. The number of allylic oxidation sites excluding steroid dienone is 1. The van der Waals surface area contributed by atoms with Gasteiger partial charge in [-0.15, -0.1) is 11.3 Å². The third-order valence-electron chi connectivity index (χ3n) is 4.30. The molecule has 0 saturated carbocycles. The maximum Gasteiger partial charge on any atom is 0.137 e. The van der Waals surface area contributed by atoms with Crippen LogP contribution in [0.3, 0.4) is 0 Å². The number of nitriles is 1. The van der Waals surface area contributed by atoms with Gasteiger partial charge in [0.15, 0.2) is 0 Å². The summed E-state index contributed by atoms with van der Waals surface area (Å²) in [5, 5.41) is 14.1. The smallest absolute Gasteiger partial charge is 0.137 e. The monoisotopic (exact) mass is 437 g/mol. The average molecular weight is 438 g/mol. The van der Waals surface area contributed by atoms with Crippen LogP contribution in [0.4, 0.5) is 0 Å². The molecule has 0 aliphatic carbocycles. The van der Waals surface area contributed by atoms with Gasteiger partial charge in [-0.1, -0.05) is 35.3 Å². The van der Waals surface area contributed by atoms with Gasteiger partial charge in [0, 0.05) is 26.9 Å². The first-order chi connectivity index (χ1) is 14.1. The summed E-state index contributed by atoms with van der Waals surface area (Å²) in [5.74, 6) is 0.726. The Kier molecular flexibility index (Phi) is 5.50. The Labute approximate surface area is 181 Å². The second-order valence-electron chi connectivity index (χ2n) is 6.14. The number of halogens is 2. The molecular formula is C22H13Cl2N3OS. The summed E-state index contributed by atoms with van der Waals surface area (Å²) < 4.78 is 5.27. The van der Waals surface area contributed by atoms with E-state index in [0.717, 1.165) is 27.9 Å². The molecule has 4 rings (SSSR count). The summed E-state index contributed by atoms with van der Waals surface area (Å²) in [6.07, 6.45) is 1.71. The molecule has 0 radical (unpaired) electrons. The van der Waals surface area contributed by atoms with Crippen molar-refractivity contribution in [3.05, 3.63) is 74.7 Å². The van der Waals surface area contributed by atoms with Gasteiger partial charge in [-0.2, -0.15) is 5.26 Å². The van der Waals surface area contributed by atoms with Gasteiger partial charge < -0.3 is 4.74 Å². The van der Waals surface area contributed by atoms with E-state index in [1.54, 1.807) is 13.2 Å². The highest BCUT2D eigenvalue weighted by atomic mass is 35.5. The van der Waals surface area contributed by atoms with Crippen LogP contribution in [0.1, 0.15) is 10.6 Å². The lowest BCUT2D eigenvalue weighted by atomic mass is 10.1. The number of aromatic nitrogens is 2. The fraction of sp³-hybridized carbons (Fsp3) is 0.0455. The summed E-state index contributed by atoms with van der Waals surface area (Å²) in [5.41, 5.74) is 3.54. The summed E-state index contributed by atoms with van der Waals surface area (Å²) in [6.45, 7) is 0. The molecule has 0 unspecified atom stereocenters. The van der Waals surface area contributed by atoms with E-state index >= 15 is 0 Å². The Morgan fingerprint density at radius 2 is 1.90 bits per heavy atom. The predicted octanol–water partition coefficient (Wildman–Crippen LogP) is 6.74. The van der Waals surface area contributed by atoms with Crippen molar-refractivity contribution in [1.82, 2.24) is 9.97 Å². The quantitative estimate of drug-likeness (QED) is 0.262. The van der Waals surface area contributed by atoms with Crippen molar-refractivity contribution in [2.75, 3.05) is 7.11 Å². The third kappa shape index (κ3) is 4.10. The second-order valence-corrected chi connectivity index (χ2v) is 7.79. The maximum absolute atomic E-state index is 9.69. The molecule has 0 aliphatic heterocycles. The van der Waals surface area contributed by atoms with Gasteiger partial charge in [0.25, 0.3) is 0 Å². The van der Waals surface area contributed by atoms with E-state index in [4.69, 9.17) is 27.9 Å². The molecule has 2 aromatic heterocycles. The Morgan fingerprint density at radius 1 is 1.10 bits per heavy atom. The number of rotatable bonds is 4. The molecule has 0 saturated heterocycles. The molecule has 29 heavy (non-hydrogen) atoms. The molecule has 0 fully saturated rings. The molecule has 0 N–H and O–H groups in total. The van der Waals surface area contributed by atoms with Crippen LogP contribution in [-0.4, -0.2) is 17.1 Å². The van der Waals surface area contributed by atoms with Crippen molar-refractivity contribution in [3.8, 4) is 23.1 Å². The van der Waals surface area contributed by atoms with Gasteiger partial charge in [-0.3, -0.25) is 0 Å². The number of hydrogen-bond acceptors (Lipinski definition) is 5. The fourth-order valence-corrected chi connectivity index (χ4v) is 3.94. The minimum absolute atomic E-state index is 0.324. The van der Waals surface area contributed by atoms with Crippen molar-refractivity contribution in [1.29, 1.82) is 5.26 Å². The first kappa shape index (κ1) is 19.4. The van der Waals surface area contributed by atoms with E-state index in [1.807, 2.05) is 53.9 Å². The lowest BCUT2D eigenvalue weighted by Crippen LogP contribution is -1.89. The maximum atomic E-state index is 9.69. The van der Waals surface area contributed by atoms with Gasteiger partial charge in [0.1, 0.15) is 22.0 Å². The van der Waals surface area contributed by atoms with E-state index in [-0.39, 0.29) is 0 Å². The minimum atomic E-state index is 0.324. The fourth-order valence-electron chi connectivity index (χ4n) is 2.82. The van der Waals surface area contributed by atoms with Crippen LogP contribution < -0.4 is 4.74 Å². The molecule has 0 atom stereocenters. The van der Waals surface area contributed by atoms with Crippen molar-refractivity contribution >= 4 is 57.1 Å². The number of thiazole rings is 1. The first-order valence-electron chi connectivity index (χ1n) is 8.55. The number of fused-ring (bicyclic) bond motifs is 1. The Morgan fingerprint density at radius 3 is 2.62 bits per heavy atom. The number of ether oxygens (including phenoxy) is 1. The molecule has 0 bridgehead atoms. The largest absolute Gasteiger partial charge is 0.497 e. The molecular weight excluding hydrogens is 425 g/mol. The van der Waals surface area contributed by atoms with Gasteiger partial charge in [0.2, 0.25) is 0 Å². The van der Waals surface area contributed by atoms with E-state index in [2.05, 4.69) is 16.0 Å². The summed E-state index contributed by atoms with van der Waals surface area (Å²) in [6, 6.07) is 17.1. The lowest BCUT2D eigenvalue weighted by Gasteiger charge is -2.05. The van der Waals surface area contributed by atoms with Gasteiger partial charge in [0.05, 0.1) is 23.9 Å². The topological polar surface area (TPSA) is 58.8 Å². The number of nitrogens with zero attached hydrogens (tertiary/aromatic N) is 3. The number of hydrogen-bond donors (Lipinski definition) is 0. The Hall–Kier alpha value is -2.91. The zero-order valence-electron chi connectivity index (χ0n) is 15.2. The molecule has 7 heteroatoms. The van der Waals surface area contributed by atoms with Crippen LogP contribution >= 0.6 is 34.5 Å². The van der Waals surface area contributed by atoms with Crippen LogP contribution in [0.5, 0.6) is 5.75 Å². The van der Waals surface area contributed by atoms with Crippen molar-refractivity contribution in [3.63, 3.8) is 0 Å². The van der Waals surface area contributed by atoms with Gasteiger partial charge in [-0.05, 0) is 42.5 Å². The standard InChI is InChI=1S/C22H13Cl2N3OS/c1-28-18-6-7-19-14(10-18)8-15(21(24)26-19)9-16(11-25)22-27-20(12-29-22)13-2-4-17(23)5-3-13/h2-10,12H,1H3. The average Bonchev–Trinajstić information content (AvgIpc) is 3.22. The van der Waals surface area contributed by atoms with E-state index in [0.29, 0.717) is 26.3 Å². The van der Waals surface area contributed by atoms with E-state index in [1.165, 1.54) is 11.3 Å². The lowest BCUT2D eigenvalue weighted by molar-refractivity contribution is 0.415. The van der Waals surface area contributed by atoms with Crippen LogP contribution in [0.25, 0.3) is 33.8 Å². The summed E-state index contributed by atoms with van der Waals surface area (Å²) in [4.78, 5) is 9.02. The number of pyridine rings is 1. The molecule has 2 heterocycles. The van der Waals surface area contributed by atoms with Crippen LogP contribution in [0.15, 0.2) is 53.9 Å². The van der Waals surface area contributed by atoms with Gasteiger partial charge in [-0.25, -0.2) is 9.97 Å². The molecule has 142 valence electrons. The van der Waals surface area contributed by atoms with Crippen molar-refractivity contribution in [2.24, 2.45) is 0 Å². The van der Waals surface area contributed by atoms with Crippen molar-refractivity contribution < 1.29 is 4.74 Å². The Balaban J connectivity index is 1.73. The third-order valence-corrected chi connectivity index (χ3v) is 5.73. The zero-order chi connectivity index (χ0) is 20.4. The highest BCUT2D eigenvalue weighted by molar-refractivity contribution is 7.11. The van der Waals surface area contributed by atoms with Gasteiger partial charge >= 0.3 is 0 Å². The second kappa shape index (κ2) is 8.22. The summed E-state index contributed by atoms with van der Waals surface area (Å²) >= 11 is 13.7. The van der Waals surface area contributed by atoms with Crippen LogP contribution in [0.2, 0.25) is 10.2 Å². The number of methoxy groups -OCH3 is 1. The molecule has 0 aliphatic rings. The zero-order valence-corrected chi connectivity index (χ0v) is 17.5. The number of benzene rings is 2. The van der Waals surface area contributed by atoms with E-state index in [9.17, 15) is 5.26 Å². The first-order valence-corrected chi connectivity index (χ1v) is 10.2.